The smallest absolute Gasteiger partial charge is 0 e. The van der Waals surface area contributed by atoms with Gasteiger partial charge in [0.05, 0.1) is 0 Å². The van der Waals surface area contributed by atoms with Crippen LogP contribution in [0.4, 0.5) is 0 Å². The molecule has 4 radical (unpaired) electrons. The Kier molecular flexibility index (Phi) is 146. The number of nitrogens with zero attached hydrogens (tertiary/aromatic N) is 4. The molecule has 0 unspecified atom stereocenters. The summed E-state index contributed by atoms with van der Waals surface area (Å²) in [5.41, 5.74) is 0. The average molecular weight is 887 g/mol. The molecule has 4 aliphatic rings. The van der Waals surface area contributed by atoms with E-state index >= 15 is 0 Å². The van der Waals surface area contributed by atoms with Crippen LogP contribution in [0.3, 0.4) is 0 Å². The molecule has 0 atom stereocenters. The fourth-order valence-corrected chi connectivity index (χ4v) is 2.89. The van der Waals surface area contributed by atoms with Crippen molar-refractivity contribution in [2.75, 3.05) is 80.5 Å². The Morgan fingerprint density at radius 3 is 0.732 bits per heavy atom. The summed E-state index contributed by atoms with van der Waals surface area (Å²) < 4.78 is 0. The first-order valence-electron chi connectivity index (χ1n) is 14.1. The molecule has 41 heavy (non-hydrogen) atoms. The second-order valence-corrected chi connectivity index (χ2v) is 7.71. The van der Waals surface area contributed by atoms with Crippen LogP contribution in [0.1, 0.15) is 87.5 Å². The van der Waals surface area contributed by atoms with Gasteiger partial charge in [-0.25, -0.2) is 0 Å². The van der Waals surface area contributed by atoms with Crippen LogP contribution in [0.25, 0.3) is 0 Å². The third-order valence-corrected chi connectivity index (χ3v) is 4.86. The number of piperidine rings is 2. The van der Waals surface area contributed by atoms with Crippen LogP contribution in [-0.4, -0.2) is 100 Å². The quantitative estimate of drug-likeness (QED) is 0.227. The topological polar surface area (TPSA) is 13.0 Å². The van der Waals surface area contributed by atoms with E-state index in [4.69, 9.17) is 0 Å². The number of hydrogen-bond donors (Lipinski definition) is 0. The minimum Gasteiger partial charge on any atom is -0.365 e. The first kappa shape index (κ1) is 80.1. The first-order chi connectivity index (χ1) is 16.1. The molecule has 0 bridgehead atoms. The summed E-state index contributed by atoms with van der Waals surface area (Å²) in [6.07, 6.45) is 15.8. The molecule has 0 aromatic heterocycles. The van der Waals surface area contributed by atoms with E-state index < -0.39 is 0 Å². The third kappa shape index (κ3) is 71.5. The molecule has 0 N–H and O–H groups in total. The summed E-state index contributed by atoms with van der Waals surface area (Å²) in [5.74, 6) is 0. The third-order valence-electron chi connectivity index (χ3n) is 4.86. The standard InChI is InChI=1S/2C6H12N.C5H10N.C4H8N.4C2H6.4CH3.4Y/c2*1-7-5-3-2-4-6-7;1-6-4-2-3-5-6;1-5-3-2-4-5;4*1-2;;;;;;;;/h3H,2,4-6H2,1H3;2H,3-6H2,1H3;2H,3-5H2,1H3;2H,3-4H2,1H3;4*1-2H3;4*1H3;;;;/q4*-1;;;;;4*-1;;;;. The van der Waals surface area contributed by atoms with Gasteiger partial charge in [0.2, 0.25) is 0 Å². The van der Waals surface area contributed by atoms with Gasteiger partial charge in [0.25, 0.3) is 0 Å². The number of rotatable bonds is 0. The van der Waals surface area contributed by atoms with Gasteiger partial charge in [0, 0.05) is 131 Å². The van der Waals surface area contributed by atoms with Gasteiger partial charge in [-0.05, 0) is 54.4 Å². The molecule has 0 aromatic rings. The average Bonchev–Trinajstić information content (AvgIpc) is 3.36. The van der Waals surface area contributed by atoms with Gasteiger partial charge < -0.3 is 75.0 Å². The van der Waals surface area contributed by atoms with Crippen molar-refractivity contribution in [3.05, 3.63) is 55.4 Å². The van der Waals surface area contributed by atoms with E-state index in [2.05, 4.69) is 73.5 Å². The van der Waals surface area contributed by atoms with Crippen molar-refractivity contribution in [2.24, 2.45) is 0 Å². The van der Waals surface area contributed by atoms with Crippen molar-refractivity contribution in [3.63, 3.8) is 0 Å². The molecule has 0 aliphatic carbocycles. The largest absolute Gasteiger partial charge is 0.365 e. The van der Waals surface area contributed by atoms with Crippen molar-refractivity contribution < 1.29 is 131 Å². The van der Waals surface area contributed by atoms with Crippen molar-refractivity contribution in [2.45, 2.75) is 87.5 Å². The molecule has 4 aliphatic heterocycles. The van der Waals surface area contributed by atoms with Crippen LogP contribution in [0.2, 0.25) is 0 Å². The fourth-order valence-electron chi connectivity index (χ4n) is 2.89. The van der Waals surface area contributed by atoms with Crippen LogP contribution in [0.5, 0.6) is 0 Å². The second kappa shape index (κ2) is 74.9. The van der Waals surface area contributed by atoms with E-state index in [0.717, 1.165) is 0 Å². The van der Waals surface area contributed by atoms with Gasteiger partial charge in [-0.2, -0.15) is 25.7 Å². The summed E-state index contributed by atoms with van der Waals surface area (Å²) in [6, 6.07) is 0. The molecule has 0 spiro atoms. The molecule has 4 nitrogen and oxygen atoms in total. The summed E-state index contributed by atoms with van der Waals surface area (Å²) in [4.78, 5) is 9.25. The van der Waals surface area contributed by atoms with Gasteiger partial charge >= 0.3 is 0 Å². The Balaban J connectivity index is -0.0000000239. The molecular weight excluding hydrogens is 808 g/mol. The molecule has 8 heteroatoms. The maximum Gasteiger partial charge on any atom is 0 e. The van der Waals surface area contributed by atoms with Gasteiger partial charge in [-0.3, -0.25) is 0 Å². The van der Waals surface area contributed by atoms with Crippen LogP contribution < -0.4 is 0 Å². The van der Waals surface area contributed by atoms with Crippen molar-refractivity contribution in [1.29, 1.82) is 0 Å². The van der Waals surface area contributed by atoms with Gasteiger partial charge in [-0.15, -0.1) is 26.2 Å². The number of hydrogen-bond acceptors (Lipinski definition) is 4. The van der Waals surface area contributed by atoms with E-state index in [0.29, 0.717) is 0 Å². The molecule has 250 valence electrons. The van der Waals surface area contributed by atoms with Crippen LogP contribution in [0.15, 0.2) is 0 Å². The predicted octanol–water partition coefficient (Wildman–Crippen LogP) is 8.39. The molecule has 4 saturated heterocycles. The summed E-state index contributed by atoms with van der Waals surface area (Å²) in [6.45, 7) is 25.9. The summed E-state index contributed by atoms with van der Waals surface area (Å²) in [7, 11) is 8.59. The zero-order valence-corrected chi connectivity index (χ0v) is 43.0. The van der Waals surface area contributed by atoms with Gasteiger partial charge in [0.15, 0.2) is 0 Å². The Morgan fingerprint density at radius 1 is 0.341 bits per heavy atom. The maximum atomic E-state index is 2.36. The molecule has 0 saturated carbocycles. The Bertz CT molecular complexity index is 281. The Labute approximate surface area is 368 Å². The second-order valence-electron chi connectivity index (χ2n) is 7.71. The van der Waals surface area contributed by atoms with Gasteiger partial charge in [-0.1, -0.05) is 61.8 Å². The maximum absolute atomic E-state index is 2.36. The summed E-state index contributed by atoms with van der Waals surface area (Å²) >= 11 is 0. The molecule has 0 aromatic carbocycles. The van der Waals surface area contributed by atoms with Crippen molar-refractivity contribution >= 4 is 0 Å². The van der Waals surface area contributed by atoms with Crippen LogP contribution in [-0.2, 0) is 131 Å². The Morgan fingerprint density at radius 2 is 0.610 bits per heavy atom. The SMILES string of the molecule is CC.CC.CC.CC.CN1CC[CH-]CC1.CN1C[CH-]C1.CN1C[CH-]CC1.CN1C[CH-]CCC1.[CH3-].[CH3-].[CH3-].[CH3-].[Y].[Y].[Y].[Y]. The van der Waals surface area contributed by atoms with E-state index in [9.17, 15) is 0 Å². The van der Waals surface area contributed by atoms with E-state index in [-0.39, 0.29) is 161 Å². The molecule has 4 rings (SSSR count). The monoisotopic (exact) mass is 886 g/mol. The van der Waals surface area contributed by atoms with E-state index in [1.54, 1.807) is 0 Å². The minimum absolute atomic E-state index is 0. The van der Waals surface area contributed by atoms with Gasteiger partial charge in [0.1, 0.15) is 0 Å². The van der Waals surface area contributed by atoms with E-state index in [1.165, 1.54) is 84.5 Å². The molecule has 4 heterocycles. The minimum atomic E-state index is 0. The first-order valence-corrected chi connectivity index (χ1v) is 14.1. The van der Waals surface area contributed by atoms with Crippen LogP contribution in [0, 0.1) is 55.4 Å². The summed E-state index contributed by atoms with van der Waals surface area (Å²) in [5, 5.41) is 0. The van der Waals surface area contributed by atoms with E-state index in [1.807, 2.05) is 55.4 Å². The van der Waals surface area contributed by atoms with Crippen LogP contribution >= 0.6 is 0 Å². The van der Waals surface area contributed by atoms with Crippen molar-refractivity contribution in [1.82, 2.24) is 19.6 Å². The normalized spacial score (nSPS) is 16.1. The molecular formula is C33H78N4Y4-8. The zero-order chi connectivity index (χ0) is 26.3. The predicted molar refractivity (Wildman–Crippen MR) is 181 cm³/mol. The number of likely N-dealkylation sites (tertiary alicyclic amines) is 4. The van der Waals surface area contributed by atoms with Crippen molar-refractivity contribution in [3.8, 4) is 0 Å². The molecule has 4 fully saturated rings. The fraction of sp³-hybridized carbons (Fsp3) is 0.758. The molecule has 0 amide bonds. The Hall–Kier alpha value is 4.26. The zero-order valence-electron chi connectivity index (χ0n) is 31.6.